The molecule has 2 rings (SSSR count). The average Bonchev–Trinajstić information content (AvgIpc) is 3.01. The Kier molecular flexibility index (Phi) is 5.15. The topological polar surface area (TPSA) is 47.7 Å². The van der Waals surface area contributed by atoms with Gasteiger partial charge in [0.05, 0.1) is 11.4 Å². The minimum Gasteiger partial charge on any atom is -0.305 e. The Morgan fingerprint density at radius 1 is 1.11 bits per heavy atom. The van der Waals surface area contributed by atoms with Gasteiger partial charge in [-0.25, -0.2) is 0 Å². The van der Waals surface area contributed by atoms with Gasteiger partial charge in [-0.2, -0.15) is 10.2 Å². The molecule has 2 heterocycles. The number of rotatable bonds is 8. The summed E-state index contributed by atoms with van der Waals surface area (Å²) in [4.78, 5) is 0. The molecule has 5 heteroatoms. The lowest BCUT2D eigenvalue weighted by molar-refractivity contribution is 0.542. The third-order valence-electron chi connectivity index (χ3n) is 3.00. The summed E-state index contributed by atoms with van der Waals surface area (Å²) in [5, 5.41) is 12.2. The van der Waals surface area contributed by atoms with Crippen LogP contribution in [0.25, 0.3) is 0 Å². The van der Waals surface area contributed by atoms with Gasteiger partial charge >= 0.3 is 0 Å². The van der Waals surface area contributed by atoms with Crippen LogP contribution >= 0.6 is 0 Å². The van der Waals surface area contributed by atoms with Crippen LogP contribution in [-0.2, 0) is 26.2 Å². The monoisotopic (exact) mass is 261 g/mol. The second kappa shape index (κ2) is 7.09. The summed E-state index contributed by atoms with van der Waals surface area (Å²) < 4.78 is 4.06. The van der Waals surface area contributed by atoms with Crippen molar-refractivity contribution in [3.05, 3.63) is 35.9 Å². The fraction of sp³-hybridized carbons (Fsp3) is 0.571. The minimum absolute atomic E-state index is 0.800. The van der Waals surface area contributed by atoms with Crippen LogP contribution in [0.15, 0.2) is 24.5 Å². The van der Waals surface area contributed by atoms with Gasteiger partial charge in [0.15, 0.2) is 0 Å². The number of nitrogens with one attached hydrogen (secondary N) is 1. The van der Waals surface area contributed by atoms with Crippen molar-refractivity contribution >= 4 is 0 Å². The highest BCUT2D eigenvalue weighted by Gasteiger charge is 2.02. The van der Waals surface area contributed by atoms with Gasteiger partial charge in [0.2, 0.25) is 0 Å². The predicted molar refractivity (Wildman–Crippen MR) is 75.6 cm³/mol. The van der Waals surface area contributed by atoms with Gasteiger partial charge in [-0.1, -0.05) is 13.8 Å². The fourth-order valence-corrected chi connectivity index (χ4v) is 2.09. The summed E-state index contributed by atoms with van der Waals surface area (Å²) in [6, 6.07) is 4.14. The number of hydrogen-bond donors (Lipinski definition) is 1. The van der Waals surface area contributed by atoms with E-state index in [1.165, 1.54) is 5.69 Å². The van der Waals surface area contributed by atoms with E-state index in [-0.39, 0.29) is 0 Å². The molecule has 1 N–H and O–H groups in total. The lowest BCUT2D eigenvalue weighted by Gasteiger charge is -2.06. The molecular weight excluding hydrogens is 238 g/mol. The molecule has 2 aromatic heterocycles. The third kappa shape index (κ3) is 3.92. The first-order valence-corrected chi connectivity index (χ1v) is 7.07. The maximum atomic E-state index is 4.51. The largest absolute Gasteiger partial charge is 0.305 e. The molecule has 0 saturated heterocycles. The van der Waals surface area contributed by atoms with Gasteiger partial charge in [-0.05, 0) is 25.0 Å². The normalized spacial score (nSPS) is 11.1. The zero-order valence-corrected chi connectivity index (χ0v) is 11.8. The van der Waals surface area contributed by atoms with Crippen LogP contribution in [0.2, 0.25) is 0 Å². The van der Waals surface area contributed by atoms with E-state index in [9.17, 15) is 0 Å². The van der Waals surface area contributed by atoms with Gasteiger partial charge in [-0.15, -0.1) is 0 Å². The van der Waals surface area contributed by atoms with E-state index < -0.39 is 0 Å². The molecule has 104 valence electrons. The number of aromatic nitrogens is 4. The molecule has 2 aromatic rings. The summed E-state index contributed by atoms with van der Waals surface area (Å²) in [5.41, 5.74) is 2.32. The lowest BCUT2D eigenvalue weighted by atomic mass is 10.3. The molecule has 19 heavy (non-hydrogen) atoms. The van der Waals surface area contributed by atoms with Gasteiger partial charge in [0.25, 0.3) is 0 Å². The van der Waals surface area contributed by atoms with Crippen LogP contribution in [0, 0.1) is 0 Å². The van der Waals surface area contributed by atoms with Crippen LogP contribution in [0.4, 0.5) is 0 Å². The van der Waals surface area contributed by atoms with E-state index in [1.807, 2.05) is 17.1 Å². The van der Waals surface area contributed by atoms with Gasteiger partial charge < -0.3 is 5.32 Å². The van der Waals surface area contributed by atoms with E-state index in [4.69, 9.17) is 0 Å². The molecule has 0 aliphatic rings. The third-order valence-corrected chi connectivity index (χ3v) is 3.00. The highest BCUT2D eigenvalue weighted by Crippen LogP contribution is 2.01. The first-order chi connectivity index (χ1) is 9.33. The summed E-state index contributed by atoms with van der Waals surface area (Å²) in [6.07, 6.45) is 6.13. The smallest absolute Gasteiger partial charge is 0.0762 e. The fourth-order valence-electron chi connectivity index (χ4n) is 2.09. The van der Waals surface area contributed by atoms with E-state index >= 15 is 0 Å². The molecule has 5 nitrogen and oxygen atoms in total. The molecule has 0 unspecified atom stereocenters. The number of hydrogen-bond acceptors (Lipinski definition) is 3. The molecule has 0 aromatic carbocycles. The number of nitrogens with zero attached hydrogens (tertiary/aromatic N) is 4. The first kappa shape index (κ1) is 13.8. The minimum atomic E-state index is 0.800. The van der Waals surface area contributed by atoms with E-state index in [1.54, 1.807) is 0 Å². The molecule has 0 amide bonds. The Hall–Kier alpha value is -1.62. The summed E-state index contributed by atoms with van der Waals surface area (Å²) in [6.45, 7) is 7.93. The quantitative estimate of drug-likeness (QED) is 0.792. The second-order valence-corrected chi connectivity index (χ2v) is 4.72. The van der Waals surface area contributed by atoms with Crippen molar-refractivity contribution in [2.24, 2.45) is 0 Å². The lowest BCUT2D eigenvalue weighted by Crippen LogP contribution is -2.17. The van der Waals surface area contributed by atoms with Crippen molar-refractivity contribution in [1.82, 2.24) is 24.9 Å². The highest BCUT2D eigenvalue weighted by atomic mass is 15.3. The van der Waals surface area contributed by atoms with Crippen molar-refractivity contribution < 1.29 is 0 Å². The molecule has 0 spiro atoms. The molecule has 0 atom stereocenters. The van der Waals surface area contributed by atoms with Crippen molar-refractivity contribution in [2.45, 2.75) is 52.9 Å². The Bertz CT molecular complexity index is 485. The van der Waals surface area contributed by atoms with Crippen LogP contribution in [0.1, 0.15) is 38.1 Å². The summed E-state index contributed by atoms with van der Waals surface area (Å²) >= 11 is 0. The van der Waals surface area contributed by atoms with E-state index in [2.05, 4.69) is 46.2 Å². The van der Waals surface area contributed by atoms with E-state index in [0.717, 1.165) is 44.7 Å². The molecule has 0 bridgehead atoms. The van der Waals surface area contributed by atoms with Crippen molar-refractivity contribution in [1.29, 1.82) is 0 Å². The summed E-state index contributed by atoms with van der Waals surface area (Å²) in [5.74, 6) is 0. The average molecular weight is 261 g/mol. The van der Waals surface area contributed by atoms with Crippen LogP contribution < -0.4 is 5.32 Å². The molecule has 0 aliphatic carbocycles. The molecule has 0 saturated carbocycles. The Labute approximate surface area is 114 Å². The van der Waals surface area contributed by atoms with E-state index in [0.29, 0.717) is 0 Å². The Morgan fingerprint density at radius 2 is 1.95 bits per heavy atom. The van der Waals surface area contributed by atoms with Gasteiger partial charge in [0, 0.05) is 38.6 Å². The standard InChI is InChI=1S/C14H23N5/c1-3-8-18-10-6-13(17-18)11-15-12-14-5-7-16-19(14)9-4-2/h5-7,10,15H,3-4,8-9,11-12H2,1-2H3. The number of aryl methyl sites for hydroxylation is 2. The Balaban J connectivity index is 1.80. The highest BCUT2D eigenvalue weighted by molar-refractivity contribution is 5.02. The first-order valence-electron chi connectivity index (χ1n) is 7.07. The SMILES string of the molecule is CCCn1ccc(CNCc2ccnn2CCC)n1. The van der Waals surface area contributed by atoms with Crippen LogP contribution in [0.3, 0.4) is 0 Å². The zero-order valence-electron chi connectivity index (χ0n) is 11.8. The van der Waals surface area contributed by atoms with Crippen LogP contribution in [-0.4, -0.2) is 19.6 Å². The maximum Gasteiger partial charge on any atom is 0.0762 e. The maximum absolute atomic E-state index is 4.51. The zero-order chi connectivity index (χ0) is 13.5. The van der Waals surface area contributed by atoms with Crippen molar-refractivity contribution in [3.8, 4) is 0 Å². The molecular formula is C14H23N5. The summed E-state index contributed by atoms with van der Waals surface area (Å²) in [7, 11) is 0. The molecule has 0 radical (unpaired) electrons. The van der Waals surface area contributed by atoms with Crippen molar-refractivity contribution in [3.63, 3.8) is 0 Å². The van der Waals surface area contributed by atoms with Crippen LogP contribution in [0.5, 0.6) is 0 Å². The van der Waals surface area contributed by atoms with Gasteiger partial charge in [-0.3, -0.25) is 9.36 Å². The predicted octanol–water partition coefficient (Wildman–Crippen LogP) is 2.19. The molecule has 0 aliphatic heterocycles. The molecule has 0 fully saturated rings. The van der Waals surface area contributed by atoms with Crippen molar-refractivity contribution in [2.75, 3.05) is 0 Å². The van der Waals surface area contributed by atoms with Gasteiger partial charge in [0.1, 0.15) is 0 Å². The second-order valence-electron chi connectivity index (χ2n) is 4.72. The Morgan fingerprint density at radius 3 is 2.74 bits per heavy atom.